The largest absolute Gasteiger partial charge is 0.320 e. The van der Waals surface area contributed by atoms with Crippen LogP contribution in [0, 0.1) is 0 Å². The number of rotatable bonds is 2. The molecule has 0 radical (unpaired) electrons. The van der Waals surface area contributed by atoms with Gasteiger partial charge in [-0.2, -0.15) is 0 Å². The Kier molecular flexibility index (Phi) is 3.03. The Morgan fingerprint density at radius 1 is 1.28 bits per heavy atom. The zero-order valence-corrected chi connectivity index (χ0v) is 11.4. The van der Waals surface area contributed by atoms with Gasteiger partial charge in [-0.1, -0.05) is 11.6 Å². The Morgan fingerprint density at radius 3 is 2.89 bits per heavy atom. The number of nitrogens with one attached hydrogen (secondary N) is 1. The van der Waals surface area contributed by atoms with Gasteiger partial charge >= 0.3 is 0 Å². The summed E-state index contributed by atoms with van der Waals surface area (Å²) in [4.78, 5) is 16.6. The summed E-state index contributed by atoms with van der Waals surface area (Å²) >= 11 is 8.80. The maximum Gasteiger partial charge on any atom is 0.265 e. The van der Waals surface area contributed by atoms with Crippen molar-refractivity contribution in [1.29, 1.82) is 0 Å². The Morgan fingerprint density at radius 2 is 2.17 bits per heavy atom. The molecule has 18 heavy (non-hydrogen) atoms. The van der Waals surface area contributed by atoms with Crippen LogP contribution in [0.2, 0.25) is 5.15 Å². The van der Waals surface area contributed by atoms with Gasteiger partial charge in [0.15, 0.2) is 0 Å². The first kappa shape index (κ1) is 11.6. The monoisotopic (exact) mass is 294 g/mol. The van der Waals surface area contributed by atoms with Gasteiger partial charge in [-0.05, 0) is 29.6 Å². The lowest BCUT2D eigenvalue weighted by atomic mass is 10.4. The van der Waals surface area contributed by atoms with Gasteiger partial charge in [-0.3, -0.25) is 4.79 Å². The number of anilines is 1. The molecule has 3 nitrogen and oxygen atoms in total. The fourth-order valence-electron chi connectivity index (χ4n) is 1.52. The van der Waals surface area contributed by atoms with Crippen molar-refractivity contribution < 1.29 is 4.79 Å². The predicted octanol–water partition coefficient (Wildman–Crippen LogP) is 4.26. The summed E-state index contributed by atoms with van der Waals surface area (Å²) in [5.74, 6) is -0.118. The number of nitrogens with zero attached hydrogens (tertiary/aromatic N) is 1. The number of amides is 1. The minimum absolute atomic E-state index is 0.118. The zero-order chi connectivity index (χ0) is 12.5. The van der Waals surface area contributed by atoms with E-state index in [1.54, 1.807) is 23.5 Å². The maximum atomic E-state index is 12.0. The van der Waals surface area contributed by atoms with E-state index in [0.29, 0.717) is 15.7 Å². The summed E-state index contributed by atoms with van der Waals surface area (Å²) in [5, 5.41) is 5.22. The molecule has 0 unspecified atom stereocenters. The van der Waals surface area contributed by atoms with Crippen LogP contribution < -0.4 is 5.32 Å². The van der Waals surface area contributed by atoms with Crippen molar-refractivity contribution in [2.75, 3.05) is 5.32 Å². The lowest BCUT2D eigenvalue weighted by Gasteiger charge is -2.02. The molecule has 0 aliphatic heterocycles. The molecule has 0 aliphatic carbocycles. The van der Waals surface area contributed by atoms with Gasteiger partial charge in [0.2, 0.25) is 0 Å². The molecule has 0 saturated heterocycles. The molecule has 0 aromatic carbocycles. The van der Waals surface area contributed by atoms with E-state index in [2.05, 4.69) is 10.3 Å². The van der Waals surface area contributed by atoms with Gasteiger partial charge in [0.05, 0.1) is 16.8 Å². The highest BCUT2D eigenvalue weighted by atomic mass is 35.5. The summed E-state index contributed by atoms with van der Waals surface area (Å²) in [6.45, 7) is 0. The fourth-order valence-corrected chi connectivity index (χ4v) is 3.64. The van der Waals surface area contributed by atoms with Crippen LogP contribution in [0.4, 0.5) is 5.69 Å². The van der Waals surface area contributed by atoms with E-state index >= 15 is 0 Å². The fraction of sp³-hybridized carbons (Fsp3) is 0. The minimum atomic E-state index is -0.118. The number of thiophene rings is 2. The van der Waals surface area contributed by atoms with Gasteiger partial charge in [0, 0.05) is 9.40 Å². The molecule has 6 heteroatoms. The van der Waals surface area contributed by atoms with Crippen LogP contribution in [0.3, 0.4) is 0 Å². The van der Waals surface area contributed by atoms with Crippen LogP contribution in [-0.4, -0.2) is 10.9 Å². The summed E-state index contributed by atoms with van der Waals surface area (Å²) < 4.78 is 2.28. The average Bonchev–Trinajstić information content (AvgIpc) is 2.92. The lowest BCUT2D eigenvalue weighted by Crippen LogP contribution is -2.10. The van der Waals surface area contributed by atoms with E-state index in [9.17, 15) is 4.79 Å². The van der Waals surface area contributed by atoms with Gasteiger partial charge < -0.3 is 5.32 Å². The third-order valence-electron chi connectivity index (χ3n) is 2.35. The van der Waals surface area contributed by atoms with E-state index in [4.69, 9.17) is 11.6 Å². The third kappa shape index (κ3) is 2.25. The number of halogens is 1. The second kappa shape index (κ2) is 4.68. The smallest absolute Gasteiger partial charge is 0.265 e. The zero-order valence-electron chi connectivity index (χ0n) is 9.01. The number of pyridine rings is 1. The van der Waals surface area contributed by atoms with Crippen LogP contribution in [0.1, 0.15) is 9.67 Å². The first-order valence-corrected chi connectivity index (χ1v) is 7.20. The standard InChI is InChI=1S/C12H7ClN2OS2/c13-11-2-1-7(6-14-11)15-12(16)10-5-9-8(18-10)3-4-17-9/h1-6H,(H,15,16). The Hall–Kier alpha value is -1.43. The second-order valence-electron chi connectivity index (χ2n) is 3.58. The van der Waals surface area contributed by atoms with E-state index in [1.165, 1.54) is 17.5 Å². The first-order chi connectivity index (χ1) is 8.72. The van der Waals surface area contributed by atoms with Crippen LogP contribution in [0.15, 0.2) is 35.8 Å². The molecule has 3 heterocycles. The molecule has 0 aliphatic rings. The number of fused-ring (bicyclic) bond motifs is 1. The van der Waals surface area contributed by atoms with Crippen LogP contribution in [-0.2, 0) is 0 Å². The van der Waals surface area contributed by atoms with E-state index < -0.39 is 0 Å². The maximum absolute atomic E-state index is 12.0. The first-order valence-electron chi connectivity index (χ1n) is 5.12. The molecule has 0 saturated carbocycles. The van der Waals surface area contributed by atoms with Crippen molar-refractivity contribution in [2.45, 2.75) is 0 Å². The summed E-state index contributed by atoms with van der Waals surface area (Å²) in [6, 6.07) is 7.29. The molecule has 3 rings (SSSR count). The van der Waals surface area contributed by atoms with Crippen LogP contribution >= 0.6 is 34.3 Å². The molecular formula is C12H7ClN2OS2. The molecule has 3 aromatic rings. The number of aromatic nitrogens is 1. The highest BCUT2D eigenvalue weighted by molar-refractivity contribution is 7.27. The highest BCUT2D eigenvalue weighted by Gasteiger charge is 2.11. The predicted molar refractivity (Wildman–Crippen MR) is 76.9 cm³/mol. The number of hydrogen-bond donors (Lipinski definition) is 1. The van der Waals surface area contributed by atoms with Gasteiger partial charge in [0.25, 0.3) is 5.91 Å². The molecule has 1 amide bonds. The van der Waals surface area contributed by atoms with Gasteiger partial charge in [-0.25, -0.2) is 4.98 Å². The van der Waals surface area contributed by atoms with Crippen molar-refractivity contribution in [3.8, 4) is 0 Å². The van der Waals surface area contributed by atoms with Gasteiger partial charge in [-0.15, -0.1) is 22.7 Å². The molecule has 1 N–H and O–H groups in total. The molecule has 0 fully saturated rings. The number of carbonyl (C=O) groups excluding carboxylic acids is 1. The number of carbonyl (C=O) groups is 1. The average molecular weight is 295 g/mol. The summed E-state index contributed by atoms with van der Waals surface area (Å²) in [7, 11) is 0. The Balaban J connectivity index is 1.82. The second-order valence-corrected chi connectivity index (χ2v) is 6.00. The lowest BCUT2D eigenvalue weighted by molar-refractivity contribution is 0.103. The van der Waals surface area contributed by atoms with Crippen molar-refractivity contribution in [3.05, 3.63) is 45.9 Å². The topological polar surface area (TPSA) is 42.0 Å². The number of hydrogen-bond acceptors (Lipinski definition) is 4. The minimum Gasteiger partial charge on any atom is -0.320 e. The molecule has 0 bridgehead atoms. The van der Waals surface area contributed by atoms with E-state index in [0.717, 1.165) is 9.40 Å². The third-order valence-corrected chi connectivity index (χ3v) is 4.66. The van der Waals surface area contributed by atoms with E-state index in [1.807, 2.05) is 17.5 Å². The molecule has 0 spiro atoms. The normalized spacial score (nSPS) is 10.7. The summed E-state index contributed by atoms with van der Waals surface area (Å²) in [6.07, 6.45) is 1.54. The van der Waals surface area contributed by atoms with Crippen molar-refractivity contribution in [3.63, 3.8) is 0 Å². The van der Waals surface area contributed by atoms with Crippen molar-refractivity contribution >= 4 is 55.3 Å². The SMILES string of the molecule is O=C(Nc1ccc(Cl)nc1)c1cc2sccc2s1. The van der Waals surface area contributed by atoms with Crippen molar-refractivity contribution in [1.82, 2.24) is 4.98 Å². The van der Waals surface area contributed by atoms with Crippen LogP contribution in [0.5, 0.6) is 0 Å². The van der Waals surface area contributed by atoms with Crippen molar-refractivity contribution in [2.24, 2.45) is 0 Å². The molecule has 3 aromatic heterocycles. The molecular weight excluding hydrogens is 288 g/mol. The highest BCUT2D eigenvalue weighted by Crippen LogP contribution is 2.30. The molecule has 0 atom stereocenters. The van der Waals surface area contributed by atoms with Gasteiger partial charge in [0.1, 0.15) is 5.15 Å². The quantitative estimate of drug-likeness (QED) is 0.717. The van der Waals surface area contributed by atoms with Crippen LogP contribution in [0.25, 0.3) is 9.40 Å². The summed E-state index contributed by atoms with van der Waals surface area (Å²) in [5.41, 5.74) is 0.640. The molecule has 90 valence electrons. The Bertz CT molecular complexity index is 674. The Labute approximate surface area is 116 Å². The van der Waals surface area contributed by atoms with E-state index in [-0.39, 0.29) is 5.91 Å².